The summed E-state index contributed by atoms with van der Waals surface area (Å²) in [5, 5.41) is 17.6. The van der Waals surface area contributed by atoms with E-state index in [1.54, 1.807) is 0 Å². The van der Waals surface area contributed by atoms with Crippen molar-refractivity contribution in [2.24, 2.45) is 0 Å². The van der Waals surface area contributed by atoms with E-state index in [-0.39, 0.29) is 6.04 Å². The molecule has 0 aliphatic heterocycles. The minimum absolute atomic E-state index is 0.170. The Balaban J connectivity index is 2.00. The summed E-state index contributed by atoms with van der Waals surface area (Å²) in [4.78, 5) is 1.49. The van der Waals surface area contributed by atoms with E-state index in [2.05, 4.69) is 39.2 Å². The van der Waals surface area contributed by atoms with Gasteiger partial charge in [0.15, 0.2) is 5.82 Å². The Hall–Kier alpha value is -1.27. The predicted octanol–water partition coefficient (Wildman–Crippen LogP) is 1.94. The molecule has 2 unspecified atom stereocenters. The lowest BCUT2D eigenvalue weighted by atomic mass is 9.94. The normalized spacial score (nSPS) is 20.7. The Bertz CT molecular complexity index is 532. The molecule has 0 saturated carbocycles. The molecule has 0 bridgehead atoms. The molecule has 5 nitrogen and oxygen atoms in total. The van der Waals surface area contributed by atoms with Crippen LogP contribution >= 0.6 is 11.3 Å². The van der Waals surface area contributed by atoms with Crippen molar-refractivity contribution < 1.29 is 0 Å². The molecule has 0 saturated heterocycles. The van der Waals surface area contributed by atoms with Gasteiger partial charge in [-0.25, -0.2) is 4.68 Å². The maximum Gasteiger partial charge on any atom is 0.168 e. The predicted molar refractivity (Wildman–Crippen MR) is 70.7 cm³/mol. The summed E-state index contributed by atoms with van der Waals surface area (Å²) >= 11 is 1.85. The second kappa shape index (κ2) is 4.78. The number of nitrogens with zero attached hydrogens (tertiary/aromatic N) is 4. The summed E-state index contributed by atoms with van der Waals surface area (Å²) < 4.78 is 1.99. The number of rotatable bonds is 3. The van der Waals surface area contributed by atoms with Gasteiger partial charge in [-0.1, -0.05) is 0 Å². The number of fused-ring (bicyclic) bond motifs is 1. The van der Waals surface area contributed by atoms with E-state index in [1.807, 2.05) is 23.1 Å². The van der Waals surface area contributed by atoms with Gasteiger partial charge in [0.25, 0.3) is 0 Å². The monoisotopic (exact) mass is 263 g/mol. The summed E-state index contributed by atoms with van der Waals surface area (Å²) in [6.07, 6.45) is 3.53. The van der Waals surface area contributed by atoms with Crippen molar-refractivity contribution in [2.45, 2.75) is 38.3 Å². The highest BCUT2D eigenvalue weighted by Crippen LogP contribution is 2.36. The second-order valence-electron chi connectivity index (χ2n) is 4.70. The summed E-state index contributed by atoms with van der Waals surface area (Å²) in [5.74, 6) is 0.918. The number of aryl methyl sites for hydroxylation is 1. The average molecular weight is 263 g/mol. The average Bonchev–Trinajstić information content (AvgIpc) is 3.05. The molecule has 0 spiro atoms. The van der Waals surface area contributed by atoms with Gasteiger partial charge < -0.3 is 5.32 Å². The van der Waals surface area contributed by atoms with Crippen molar-refractivity contribution >= 4 is 11.3 Å². The molecule has 2 aromatic rings. The van der Waals surface area contributed by atoms with Crippen LogP contribution in [0.4, 0.5) is 0 Å². The van der Waals surface area contributed by atoms with Gasteiger partial charge in [-0.3, -0.25) is 0 Å². The quantitative estimate of drug-likeness (QED) is 0.919. The summed E-state index contributed by atoms with van der Waals surface area (Å²) in [5.41, 5.74) is 1.41. The van der Waals surface area contributed by atoms with Crippen LogP contribution in [0.15, 0.2) is 11.4 Å². The molecule has 2 aromatic heterocycles. The van der Waals surface area contributed by atoms with E-state index in [1.165, 1.54) is 23.3 Å². The first-order chi connectivity index (χ1) is 8.81. The first kappa shape index (κ1) is 11.8. The van der Waals surface area contributed by atoms with Crippen molar-refractivity contribution in [3.63, 3.8) is 0 Å². The zero-order valence-electron chi connectivity index (χ0n) is 10.6. The maximum absolute atomic E-state index is 4.21. The van der Waals surface area contributed by atoms with Gasteiger partial charge in [0.2, 0.25) is 0 Å². The number of thiophene rings is 1. The van der Waals surface area contributed by atoms with Gasteiger partial charge in [0, 0.05) is 4.88 Å². The molecule has 2 atom stereocenters. The Morgan fingerprint density at radius 1 is 1.56 bits per heavy atom. The van der Waals surface area contributed by atoms with Crippen molar-refractivity contribution in [1.29, 1.82) is 0 Å². The van der Waals surface area contributed by atoms with E-state index < -0.39 is 0 Å². The van der Waals surface area contributed by atoms with Gasteiger partial charge >= 0.3 is 0 Å². The van der Waals surface area contributed by atoms with Crippen molar-refractivity contribution in [3.8, 4) is 0 Å². The van der Waals surface area contributed by atoms with Gasteiger partial charge in [-0.05, 0) is 60.7 Å². The lowest BCUT2D eigenvalue weighted by molar-refractivity contribution is 0.414. The van der Waals surface area contributed by atoms with Crippen molar-refractivity contribution in [2.75, 3.05) is 7.05 Å². The fourth-order valence-electron chi connectivity index (χ4n) is 2.55. The number of tetrazole rings is 1. The number of aromatic nitrogens is 4. The van der Waals surface area contributed by atoms with E-state index in [9.17, 15) is 0 Å². The Labute approximate surface area is 110 Å². The molecule has 0 radical (unpaired) electrons. The lowest BCUT2D eigenvalue weighted by Gasteiger charge is -2.24. The molecule has 3 rings (SSSR count). The summed E-state index contributed by atoms with van der Waals surface area (Å²) in [6.45, 7) is 2.08. The number of hydrogen-bond acceptors (Lipinski definition) is 5. The molecule has 0 fully saturated rings. The fraction of sp³-hybridized carbons (Fsp3) is 0.583. The molecule has 0 amide bonds. The summed E-state index contributed by atoms with van der Waals surface area (Å²) in [6, 6.07) is 2.70. The smallest absolute Gasteiger partial charge is 0.168 e. The second-order valence-corrected chi connectivity index (χ2v) is 5.70. The number of hydrogen-bond donors (Lipinski definition) is 1. The van der Waals surface area contributed by atoms with Crippen LogP contribution in [0.5, 0.6) is 0 Å². The summed E-state index contributed by atoms with van der Waals surface area (Å²) in [7, 11) is 1.93. The first-order valence-electron chi connectivity index (χ1n) is 6.32. The molecule has 2 heterocycles. The highest BCUT2D eigenvalue weighted by atomic mass is 32.1. The number of nitrogens with one attached hydrogen (secondary N) is 1. The molecule has 96 valence electrons. The minimum atomic E-state index is 0.170. The Morgan fingerprint density at radius 3 is 3.28 bits per heavy atom. The van der Waals surface area contributed by atoms with Crippen LogP contribution in [0.3, 0.4) is 0 Å². The van der Waals surface area contributed by atoms with Crippen LogP contribution in [0, 0.1) is 0 Å². The maximum atomic E-state index is 4.21. The Kier molecular flexibility index (Phi) is 3.13. The van der Waals surface area contributed by atoms with Gasteiger partial charge in [0.05, 0.1) is 12.1 Å². The molecule has 1 N–H and O–H groups in total. The topological polar surface area (TPSA) is 55.6 Å². The standard InChI is InChI=1S/C12H17N5S/c1-8(13-2)12-14-15-16-17(12)10-4-3-5-11-9(10)6-7-18-11/h6-8,10,13H,3-5H2,1-2H3. The molecule has 6 heteroatoms. The molecule has 1 aliphatic rings. The third-order valence-electron chi connectivity index (χ3n) is 3.65. The van der Waals surface area contributed by atoms with E-state index >= 15 is 0 Å². The van der Waals surface area contributed by atoms with Crippen LogP contribution in [0.1, 0.15) is 48.1 Å². The highest BCUT2D eigenvalue weighted by molar-refractivity contribution is 7.10. The van der Waals surface area contributed by atoms with Crippen molar-refractivity contribution in [3.05, 3.63) is 27.7 Å². The largest absolute Gasteiger partial charge is 0.311 e. The van der Waals surface area contributed by atoms with E-state index in [0.717, 1.165) is 12.2 Å². The molecule has 18 heavy (non-hydrogen) atoms. The van der Waals surface area contributed by atoms with Crippen LogP contribution in [0.25, 0.3) is 0 Å². The third kappa shape index (κ3) is 1.85. The third-order valence-corrected chi connectivity index (χ3v) is 4.65. The van der Waals surface area contributed by atoms with Gasteiger partial charge in [-0.15, -0.1) is 16.4 Å². The van der Waals surface area contributed by atoms with E-state index in [4.69, 9.17) is 0 Å². The molecule has 1 aliphatic carbocycles. The van der Waals surface area contributed by atoms with Crippen LogP contribution in [-0.4, -0.2) is 27.3 Å². The van der Waals surface area contributed by atoms with Crippen molar-refractivity contribution in [1.82, 2.24) is 25.5 Å². The first-order valence-corrected chi connectivity index (χ1v) is 7.20. The molecular weight excluding hydrogens is 246 g/mol. The highest BCUT2D eigenvalue weighted by Gasteiger charge is 2.27. The lowest BCUT2D eigenvalue weighted by Crippen LogP contribution is -2.24. The van der Waals surface area contributed by atoms with Crippen LogP contribution < -0.4 is 5.32 Å². The van der Waals surface area contributed by atoms with Crippen LogP contribution in [0.2, 0.25) is 0 Å². The zero-order chi connectivity index (χ0) is 12.5. The Morgan fingerprint density at radius 2 is 2.44 bits per heavy atom. The van der Waals surface area contributed by atoms with Gasteiger partial charge in [0.1, 0.15) is 0 Å². The molecular formula is C12H17N5S. The van der Waals surface area contributed by atoms with E-state index in [0.29, 0.717) is 6.04 Å². The van der Waals surface area contributed by atoms with Gasteiger partial charge in [-0.2, -0.15) is 0 Å². The minimum Gasteiger partial charge on any atom is -0.311 e. The SMILES string of the molecule is CNC(C)c1nnnn1C1CCCc2sccc21. The van der Waals surface area contributed by atoms with Crippen LogP contribution in [-0.2, 0) is 6.42 Å². The molecule has 0 aromatic carbocycles. The fourth-order valence-corrected chi connectivity index (χ4v) is 3.53. The zero-order valence-corrected chi connectivity index (χ0v) is 11.4.